The van der Waals surface area contributed by atoms with Crippen LogP contribution in [0.3, 0.4) is 0 Å². The number of halogens is 2. The molecule has 1 atom stereocenters. The maximum Gasteiger partial charge on any atom is 0.255 e. The number of benzene rings is 3. The van der Waals surface area contributed by atoms with Crippen molar-refractivity contribution in [3.63, 3.8) is 0 Å². The number of furan rings is 1. The van der Waals surface area contributed by atoms with Crippen LogP contribution in [0, 0.1) is 11.6 Å². The van der Waals surface area contributed by atoms with Gasteiger partial charge in [-0.15, -0.1) is 0 Å². The van der Waals surface area contributed by atoms with Crippen LogP contribution >= 0.6 is 0 Å². The van der Waals surface area contributed by atoms with Crippen LogP contribution < -0.4 is 15.4 Å². The Balaban J connectivity index is 1.61. The predicted octanol–water partition coefficient (Wildman–Crippen LogP) is 6.26. The molecular formula is C31H25F2N5O3S. The van der Waals surface area contributed by atoms with Crippen molar-refractivity contribution in [2.75, 3.05) is 30.4 Å². The van der Waals surface area contributed by atoms with Crippen molar-refractivity contribution in [2.24, 2.45) is 0 Å². The summed E-state index contributed by atoms with van der Waals surface area (Å²) in [4.78, 5) is 21.2. The minimum absolute atomic E-state index is 0.258. The maximum absolute atomic E-state index is 14.4. The van der Waals surface area contributed by atoms with Gasteiger partial charge in [0.05, 0.1) is 28.3 Å². The first kappa shape index (κ1) is 27.2. The number of nitrogens with one attached hydrogen (secondary N) is 2. The molecule has 6 aromatic rings. The van der Waals surface area contributed by atoms with E-state index in [-0.39, 0.29) is 17.1 Å². The fourth-order valence-corrected chi connectivity index (χ4v) is 5.40. The van der Waals surface area contributed by atoms with E-state index in [1.54, 1.807) is 53.8 Å². The highest BCUT2D eigenvalue weighted by Gasteiger charge is 2.25. The van der Waals surface area contributed by atoms with Crippen LogP contribution in [0.5, 0.6) is 0 Å². The second kappa shape index (κ2) is 10.4. The molecule has 0 spiro atoms. The molecule has 0 fully saturated rings. The minimum Gasteiger partial charge on any atom is -0.455 e. The number of H-pyrrole nitrogens is 1. The van der Waals surface area contributed by atoms with Crippen LogP contribution in [0.4, 0.5) is 20.2 Å². The number of amides is 1. The number of hydrogen-bond acceptors (Lipinski definition) is 5. The summed E-state index contributed by atoms with van der Waals surface area (Å²) in [6.07, 6.45) is 1.54. The molecule has 0 radical (unpaired) electrons. The lowest BCUT2D eigenvalue weighted by molar-refractivity contribution is 0.0964. The van der Waals surface area contributed by atoms with Gasteiger partial charge in [-0.2, -0.15) is 0 Å². The van der Waals surface area contributed by atoms with Crippen LogP contribution in [-0.2, 0) is 11.0 Å². The molecule has 212 valence electrons. The summed E-state index contributed by atoms with van der Waals surface area (Å²) in [6.45, 7) is 0. The van der Waals surface area contributed by atoms with Gasteiger partial charge in [-0.3, -0.25) is 9.10 Å². The Kier molecular flexibility index (Phi) is 6.74. The number of nitrogen functional groups attached to an aromatic ring is 1. The Hall–Kier alpha value is -5.03. The summed E-state index contributed by atoms with van der Waals surface area (Å²) in [6, 6.07) is 18.9. The van der Waals surface area contributed by atoms with Crippen LogP contribution in [-0.4, -0.2) is 40.4 Å². The molecule has 0 aliphatic carbocycles. The SMILES string of the molecule is CNC(=O)c1c(-c2ccc(F)cc2)oc2cc(N(C)S(C)=O)c(-c3ccc(N)c(-c4cc5c(F)cccc5[nH]4)n3)cc12. The van der Waals surface area contributed by atoms with E-state index in [4.69, 9.17) is 15.1 Å². The highest BCUT2D eigenvalue weighted by atomic mass is 32.2. The van der Waals surface area contributed by atoms with Crippen LogP contribution in [0.1, 0.15) is 10.4 Å². The number of pyridine rings is 1. The van der Waals surface area contributed by atoms with Crippen molar-refractivity contribution < 1.29 is 22.2 Å². The van der Waals surface area contributed by atoms with E-state index in [1.807, 2.05) is 0 Å². The monoisotopic (exact) mass is 585 g/mol. The molecular weight excluding hydrogens is 560 g/mol. The summed E-state index contributed by atoms with van der Waals surface area (Å²) in [5.41, 5.74) is 10.9. The Labute approximate surface area is 241 Å². The van der Waals surface area contributed by atoms with Gasteiger partial charge in [-0.05, 0) is 60.7 Å². The third-order valence-electron chi connectivity index (χ3n) is 7.16. The predicted molar refractivity (Wildman–Crippen MR) is 162 cm³/mol. The number of carbonyl (C=O) groups is 1. The molecule has 11 heteroatoms. The first-order valence-electron chi connectivity index (χ1n) is 12.9. The average Bonchev–Trinajstić information content (AvgIpc) is 3.59. The van der Waals surface area contributed by atoms with E-state index in [9.17, 15) is 17.8 Å². The van der Waals surface area contributed by atoms with E-state index in [2.05, 4.69) is 10.3 Å². The zero-order chi connectivity index (χ0) is 29.7. The van der Waals surface area contributed by atoms with Gasteiger partial charge in [0.15, 0.2) is 0 Å². The molecule has 42 heavy (non-hydrogen) atoms. The van der Waals surface area contributed by atoms with Crippen LogP contribution in [0.2, 0.25) is 0 Å². The van der Waals surface area contributed by atoms with E-state index < -0.39 is 22.7 Å². The van der Waals surface area contributed by atoms with Gasteiger partial charge in [0.25, 0.3) is 5.91 Å². The molecule has 0 saturated heterocycles. The van der Waals surface area contributed by atoms with Crippen molar-refractivity contribution in [1.82, 2.24) is 15.3 Å². The number of aromatic amines is 1. The quantitative estimate of drug-likeness (QED) is 0.213. The molecule has 8 nitrogen and oxygen atoms in total. The van der Waals surface area contributed by atoms with Gasteiger partial charge in [-0.25, -0.2) is 18.0 Å². The van der Waals surface area contributed by atoms with Gasteiger partial charge in [-0.1, -0.05) is 6.07 Å². The summed E-state index contributed by atoms with van der Waals surface area (Å²) < 4.78 is 48.5. The van der Waals surface area contributed by atoms with E-state index >= 15 is 0 Å². The normalized spacial score (nSPS) is 12.1. The lowest BCUT2D eigenvalue weighted by Crippen LogP contribution is -2.20. The zero-order valence-corrected chi connectivity index (χ0v) is 23.6. The summed E-state index contributed by atoms with van der Waals surface area (Å²) in [5.74, 6) is -0.928. The van der Waals surface area contributed by atoms with Crippen molar-refractivity contribution in [2.45, 2.75) is 0 Å². The number of nitrogens with zero attached hydrogens (tertiary/aromatic N) is 2. The molecule has 0 saturated carbocycles. The average molecular weight is 586 g/mol. The van der Waals surface area contributed by atoms with Gasteiger partial charge >= 0.3 is 0 Å². The first-order valence-corrected chi connectivity index (χ1v) is 14.4. The van der Waals surface area contributed by atoms with Crippen LogP contribution in [0.15, 0.2) is 77.2 Å². The number of hydrogen-bond donors (Lipinski definition) is 3. The molecule has 3 heterocycles. The largest absolute Gasteiger partial charge is 0.455 e. The third kappa shape index (κ3) is 4.57. The Morgan fingerprint density at radius 2 is 1.81 bits per heavy atom. The number of rotatable bonds is 6. The Morgan fingerprint density at radius 3 is 2.50 bits per heavy atom. The fraction of sp³-hybridized carbons (Fsp3) is 0.0968. The van der Waals surface area contributed by atoms with Gasteiger partial charge in [0, 0.05) is 53.8 Å². The van der Waals surface area contributed by atoms with Crippen LogP contribution in [0.25, 0.3) is 55.8 Å². The molecule has 0 bridgehead atoms. The zero-order valence-electron chi connectivity index (χ0n) is 22.8. The molecule has 1 amide bonds. The minimum atomic E-state index is -1.42. The van der Waals surface area contributed by atoms with E-state index in [0.717, 1.165) is 0 Å². The molecule has 4 N–H and O–H groups in total. The molecule has 1 unspecified atom stereocenters. The Bertz CT molecular complexity index is 2030. The highest BCUT2D eigenvalue weighted by Crippen LogP contribution is 2.41. The van der Waals surface area contributed by atoms with Gasteiger partial charge in [0.2, 0.25) is 0 Å². The second-order valence-corrected chi connectivity index (χ2v) is 11.1. The molecule has 6 rings (SSSR count). The van der Waals surface area contributed by atoms with Crippen molar-refractivity contribution >= 4 is 50.1 Å². The standard InChI is InChI=1S/C31H25F2N5O3S/c1-35-31(39)28-20-13-19(24-12-11-22(34)29(37-24)25-14-18-21(33)5-4-6-23(18)36-25)26(38(2)42(3)40)15-27(20)41-30(28)16-7-9-17(32)10-8-16/h4-15,36H,34H2,1-3H3,(H,35,39). The van der Waals surface area contributed by atoms with Crippen molar-refractivity contribution in [3.05, 3.63) is 90.0 Å². The third-order valence-corrected chi connectivity index (χ3v) is 8.13. The summed E-state index contributed by atoms with van der Waals surface area (Å²) in [7, 11) is 1.76. The molecule has 0 aliphatic heterocycles. The van der Waals surface area contributed by atoms with Gasteiger partial charge in [0.1, 0.15) is 39.7 Å². The highest BCUT2D eigenvalue weighted by molar-refractivity contribution is 7.85. The van der Waals surface area contributed by atoms with E-state index in [0.29, 0.717) is 61.5 Å². The lowest BCUT2D eigenvalue weighted by atomic mass is 10.0. The number of carbonyl (C=O) groups excluding carboxylic acids is 1. The summed E-state index contributed by atoms with van der Waals surface area (Å²) in [5, 5.41) is 3.54. The maximum atomic E-state index is 14.4. The smallest absolute Gasteiger partial charge is 0.255 e. The number of anilines is 2. The fourth-order valence-electron chi connectivity index (χ4n) is 4.97. The first-order chi connectivity index (χ1) is 20.2. The van der Waals surface area contributed by atoms with Crippen molar-refractivity contribution in [3.8, 4) is 34.0 Å². The lowest BCUT2D eigenvalue weighted by Gasteiger charge is -2.20. The van der Waals surface area contributed by atoms with Crippen molar-refractivity contribution in [1.29, 1.82) is 0 Å². The topological polar surface area (TPSA) is 117 Å². The Morgan fingerprint density at radius 1 is 1.05 bits per heavy atom. The molecule has 3 aromatic heterocycles. The number of aromatic nitrogens is 2. The molecule has 3 aromatic carbocycles. The van der Waals surface area contributed by atoms with E-state index in [1.165, 1.54) is 43.6 Å². The van der Waals surface area contributed by atoms with Gasteiger partial charge < -0.3 is 20.5 Å². The number of fused-ring (bicyclic) bond motifs is 2. The number of nitrogens with two attached hydrogens (primary N) is 1. The second-order valence-electron chi connectivity index (χ2n) is 9.70. The molecule has 0 aliphatic rings. The summed E-state index contributed by atoms with van der Waals surface area (Å²) >= 11 is 0.